The highest BCUT2D eigenvalue weighted by atomic mass is 19.1. The number of amides is 2. The normalized spacial score (nSPS) is 12.9. The van der Waals surface area contributed by atoms with Gasteiger partial charge in [0.2, 0.25) is 0 Å². The van der Waals surface area contributed by atoms with Crippen LogP contribution in [0, 0.1) is 5.82 Å². The molecular weight excluding hydrogens is 451 g/mol. The first-order chi connectivity index (χ1) is 16.8. The third kappa shape index (κ3) is 4.73. The summed E-state index contributed by atoms with van der Waals surface area (Å²) in [7, 11) is 0. The maximum Gasteiger partial charge on any atom is 0.411 e. The van der Waals surface area contributed by atoms with Crippen molar-refractivity contribution in [3.63, 3.8) is 0 Å². The Kier molecular flexibility index (Phi) is 6.82. The van der Waals surface area contributed by atoms with E-state index in [9.17, 15) is 23.9 Å². The fourth-order valence-corrected chi connectivity index (χ4v) is 4.40. The highest BCUT2D eigenvalue weighted by Crippen LogP contribution is 2.44. The fourth-order valence-electron chi connectivity index (χ4n) is 4.40. The molecule has 2 N–H and O–H groups in total. The monoisotopic (exact) mass is 476 g/mol. The Morgan fingerprint density at radius 2 is 1.63 bits per heavy atom. The molecule has 1 atom stereocenters. The van der Waals surface area contributed by atoms with Crippen LogP contribution < -0.4 is 5.32 Å². The average molecular weight is 477 g/mol. The van der Waals surface area contributed by atoms with Crippen LogP contribution in [0.25, 0.3) is 11.1 Å². The van der Waals surface area contributed by atoms with Crippen molar-refractivity contribution >= 4 is 23.7 Å². The fraction of sp³-hybridized carbons (Fsp3) is 0.222. The minimum atomic E-state index is -1.20. The molecule has 1 aliphatic carbocycles. The summed E-state index contributed by atoms with van der Waals surface area (Å²) in [4.78, 5) is 37.7. The largest absolute Gasteiger partial charge is 0.480 e. The highest BCUT2D eigenvalue weighted by molar-refractivity contribution is 5.98. The van der Waals surface area contributed by atoms with E-state index < -0.39 is 29.8 Å². The van der Waals surface area contributed by atoms with E-state index in [1.807, 2.05) is 48.5 Å². The Labute approximate surface area is 202 Å². The number of anilines is 1. The summed E-state index contributed by atoms with van der Waals surface area (Å²) < 4.78 is 19.9. The Morgan fingerprint density at radius 1 is 1.03 bits per heavy atom. The van der Waals surface area contributed by atoms with Crippen molar-refractivity contribution in [3.05, 3.63) is 89.2 Å². The topological polar surface area (TPSA) is 95.9 Å². The molecule has 3 aromatic rings. The van der Waals surface area contributed by atoms with Gasteiger partial charge in [-0.15, -0.1) is 0 Å². The molecule has 1 aliphatic rings. The van der Waals surface area contributed by atoms with Gasteiger partial charge >= 0.3 is 12.1 Å². The van der Waals surface area contributed by atoms with Crippen molar-refractivity contribution in [2.75, 3.05) is 18.5 Å². The lowest BCUT2D eigenvalue weighted by molar-refractivity contribution is -0.141. The summed E-state index contributed by atoms with van der Waals surface area (Å²) in [6.45, 7) is 3.14. The van der Waals surface area contributed by atoms with E-state index >= 15 is 0 Å². The molecule has 4 rings (SSSR count). The maximum absolute atomic E-state index is 14.4. The molecule has 1 unspecified atom stereocenters. The lowest BCUT2D eigenvalue weighted by atomic mass is 9.98. The van der Waals surface area contributed by atoms with E-state index in [-0.39, 0.29) is 30.3 Å². The summed E-state index contributed by atoms with van der Waals surface area (Å²) in [5, 5.41) is 11.8. The van der Waals surface area contributed by atoms with Crippen LogP contribution in [0.5, 0.6) is 0 Å². The lowest BCUT2D eigenvalue weighted by Crippen LogP contribution is -2.43. The number of nitrogens with one attached hydrogen (secondary N) is 1. The third-order valence-electron chi connectivity index (χ3n) is 6.21. The van der Waals surface area contributed by atoms with Crippen LogP contribution in [0.2, 0.25) is 0 Å². The Bertz CT molecular complexity index is 1250. The zero-order chi connectivity index (χ0) is 25.1. The van der Waals surface area contributed by atoms with Gasteiger partial charge in [0.05, 0.1) is 5.56 Å². The quantitative estimate of drug-likeness (QED) is 0.493. The van der Waals surface area contributed by atoms with Gasteiger partial charge < -0.3 is 14.7 Å². The summed E-state index contributed by atoms with van der Waals surface area (Å²) in [6.07, 6.45) is -0.747. The highest BCUT2D eigenvalue weighted by Gasteiger charge is 2.30. The minimum Gasteiger partial charge on any atom is -0.480 e. The molecule has 0 fully saturated rings. The molecule has 7 nitrogen and oxygen atoms in total. The molecule has 3 aromatic carbocycles. The first-order valence-corrected chi connectivity index (χ1v) is 11.3. The Hall–Kier alpha value is -4.20. The summed E-state index contributed by atoms with van der Waals surface area (Å²) in [6, 6.07) is 18.3. The zero-order valence-electron chi connectivity index (χ0n) is 19.3. The first-order valence-electron chi connectivity index (χ1n) is 11.3. The number of halogens is 1. The SMILES string of the molecule is CCN(C(=O)c1cc(NC(=O)OCC2c3ccccc3-c3ccccc32)ccc1F)C(C)C(=O)O. The van der Waals surface area contributed by atoms with Gasteiger partial charge in [-0.25, -0.2) is 14.0 Å². The number of likely N-dealkylation sites (N-methyl/N-ethyl adjacent to an activating group) is 1. The van der Waals surface area contributed by atoms with E-state index in [0.29, 0.717) is 0 Å². The molecule has 0 saturated carbocycles. The number of carbonyl (C=O) groups is 3. The predicted molar refractivity (Wildman–Crippen MR) is 129 cm³/mol. The summed E-state index contributed by atoms with van der Waals surface area (Å²) in [5.74, 6) is -2.91. The summed E-state index contributed by atoms with van der Waals surface area (Å²) in [5.41, 5.74) is 4.18. The molecular formula is C27H25FN2O5. The number of aliphatic carboxylic acids is 1. The molecule has 0 radical (unpaired) electrons. The first kappa shape index (κ1) is 23.9. The van der Waals surface area contributed by atoms with E-state index in [1.54, 1.807) is 6.92 Å². The number of benzene rings is 3. The molecule has 0 spiro atoms. The molecule has 0 saturated heterocycles. The van der Waals surface area contributed by atoms with Crippen molar-refractivity contribution in [3.8, 4) is 11.1 Å². The second-order valence-corrected chi connectivity index (χ2v) is 8.25. The van der Waals surface area contributed by atoms with Gasteiger partial charge in [-0.1, -0.05) is 48.5 Å². The van der Waals surface area contributed by atoms with E-state index in [2.05, 4.69) is 5.32 Å². The van der Waals surface area contributed by atoms with Crippen LogP contribution in [-0.4, -0.2) is 47.2 Å². The van der Waals surface area contributed by atoms with Crippen molar-refractivity contribution in [1.29, 1.82) is 0 Å². The van der Waals surface area contributed by atoms with Crippen molar-refractivity contribution in [2.45, 2.75) is 25.8 Å². The third-order valence-corrected chi connectivity index (χ3v) is 6.21. The lowest BCUT2D eigenvalue weighted by Gasteiger charge is -2.25. The van der Waals surface area contributed by atoms with Crippen molar-refractivity contribution in [2.24, 2.45) is 0 Å². The van der Waals surface area contributed by atoms with Gasteiger partial charge in [-0.3, -0.25) is 10.1 Å². The maximum atomic E-state index is 14.4. The second kappa shape index (κ2) is 9.97. The van der Waals surface area contributed by atoms with Crippen LogP contribution >= 0.6 is 0 Å². The van der Waals surface area contributed by atoms with Crippen molar-refractivity contribution in [1.82, 2.24) is 4.90 Å². The van der Waals surface area contributed by atoms with Crippen LogP contribution in [0.1, 0.15) is 41.3 Å². The van der Waals surface area contributed by atoms with Gasteiger partial charge in [0.15, 0.2) is 0 Å². The van der Waals surface area contributed by atoms with Gasteiger partial charge in [0.25, 0.3) is 5.91 Å². The zero-order valence-corrected chi connectivity index (χ0v) is 19.3. The Balaban J connectivity index is 1.47. The van der Waals surface area contributed by atoms with Gasteiger partial charge in [-0.2, -0.15) is 0 Å². The van der Waals surface area contributed by atoms with Gasteiger partial charge in [-0.05, 0) is 54.3 Å². The van der Waals surface area contributed by atoms with Crippen LogP contribution in [-0.2, 0) is 9.53 Å². The van der Waals surface area contributed by atoms with Crippen molar-refractivity contribution < 1.29 is 28.6 Å². The molecule has 2 amide bonds. The standard InChI is InChI=1S/C27H25FN2O5/c1-3-30(16(2)26(32)33)25(31)22-14-17(12-13-24(22)28)29-27(34)35-15-23-20-10-6-4-8-18(20)19-9-5-7-11-21(19)23/h4-14,16,23H,3,15H2,1-2H3,(H,29,34)(H,32,33). The number of carboxylic acid groups (broad SMARTS) is 1. The number of hydrogen-bond donors (Lipinski definition) is 2. The van der Waals surface area contributed by atoms with Crippen LogP contribution in [0.3, 0.4) is 0 Å². The molecule has 35 heavy (non-hydrogen) atoms. The number of nitrogens with zero attached hydrogens (tertiary/aromatic N) is 1. The van der Waals surface area contributed by atoms with E-state index in [0.717, 1.165) is 33.2 Å². The number of hydrogen-bond acceptors (Lipinski definition) is 4. The number of ether oxygens (including phenoxy) is 1. The Morgan fingerprint density at radius 3 is 2.20 bits per heavy atom. The minimum absolute atomic E-state index is 0.0791. The number of carboxylic acids is 1. The smallest absolute Gasteiger partial charge is 0.411 e. The van der Waals surface area contributed by atoms with Gasteiger partial charge in [0, 0.05) is 18.2 Å². The molecule has 8 heteroatoms. The van der Waals surface area contributed by atoms with E-state index in [1.165, 1.54) is 19.1 Å². The molecule has 0 aliphatic heterocycles. The molecule has 0 aromatic heterocycles. The number of carbonyl (C=O) groups excluding carboxylic acids is 2. The average Bonchev–Trinajstić information content (AvgIpc) is 3.18. The van der Waals surface area contributed by atoms with Crippen LogP contribution in [0.4, 0.5) is 14.9 Å². The number of rotatable bonds is 7. The molecule has 180 valence electrons. The van der Waals surface area contributed by atoms with Crippen LogP contribution in [0.15, 0.2) is 66.7 Å². The molecule has 0 bridgehead atoms. The molecule has 0 heterocycles. The summed E-state index contributed by atoms with van der Waals surface area (Å²) >= 11 is 0. The number of fused-ring (bicyclic) bond motifs is 3. The predicted octanol–water partition coefficient (Wildman–Crippen LogP) is 5.12. The van der Waals surface area contributed by atoms with E-state index in [4.69, 9.17) is 4.74 Å². The second-order valence-electron chi connectivity index (χ2n) is 8.25. The van der Waals surface area contributed by atoms with Gasteiger partial charge in [0.1, 0.15) is 18.5 Å².